The normalized spacial score (nSPS) is 14.3. The second-order valence-corrected chi connectivity index (χ2v) is 5.40. The van der Waals surface area contributed by atoms with Crippen LogP contribution in [0.1, 0.15) is 39.2 Å². The number of carboxylic acid groups (broad SMARTS) is 1. The Kier molecular flexibility index (Phi) is 6.03. The Morgan fingerprint density at radius 1 is 1.26 bits per heavy atom. The van der Waals surface area contributed by atoms with Gasteiger partial charge in [0.05, 0.1) is 5.41 Å². The average Bonchev–Trinajstić information content (AvgIpc) is 2.39. The molecule has 0 aliphatic rings. The van der Waals surface area contributed by atoms with Crippen LogP contribution >= 0.6 is 0 Å². The van der Waals surface area contributed by atoms with E-state index in [0.29, 0.717) is 13.0 Å². The average molecular weight is 263 g/mol. The van der Waals surface area contributed by atoms with Gasteiger partial charge in [0.1, 0.15) is 0 Å². The molecule has 0 radical (unpaired) electrons. The Morgan fingerprint density at radius 3 is 2.37 bits per heavy atom. The Bertz CT molecular complexity index is 391. The van der Waals surface area contributed by atoms with Crippen LogP contribution < -0.4 is 0 Å². The molecule has 106 valence electrons. The zero-order chi connectivity index (χ0) is 14.3. The van der Waals surface area contributed by atoms with Crippen molar-refractivity contribution < 1.29 is 9.90 Å². The van der Waals surface area contributed by atoms with Crippen LogP contribution in [0.5, 0.6) is 0 Å². The number of rotatable bonds is 8. The maximum absolute atomic E-state index is 11.5. The zero-order valence-corrected chi connectivity index (χ0v) is 12.2. The van der Waals surface area contributed by atoms with Gasteiger partial charge in [-0.1, -0.05) is 50.6 Å². The minimum absolute atomic E-state index is 0.599. The van der Waals surface area contributed by atoms with E-state index in [1.54, 1.807) is 0 Å². The smallest absolute Gasteiger partial charge is 0.310 e. The van der Waals surface area contributed by atoms with Crippen LogP contribution in [0.2, 0.25) is 0 Å². The van der Waals surface area contributed by atoms with Crippen molar-refractivity contribution in [3.63, 3.8) is 0 Å². The van der Waals surface area contributed by atoms with Crippen molar-refractivity contribution in [2.45, 2.75) is 40.2 Å². The van der Waals surface area contributed by atoms with Gasteiger partial charge in [0.25, 0.3) is 0 Å². The highest BCUT2D eigenvalue weighted by Gasteiger charge is 2.33. The second kappa shape index (κ2) is 7.29. The molecule has 1 N–H and O–H groups in total. The number of benzene rings is 1. The molecule has 0 bridgehead atoms. The summed E-state index contributed by atoms with van der Waals surface area (Å²) in [4.78, 5) is 13.7. The van der Waals surface area contributed by atoms with Gasteiger partial charge in [0.2, 0.25) is 0 Å². The number of aliphatic carboxylic acids is 1. The number of carboxylic acids is 1. The molecule has 0 saturated carbocycles. The Hall–Kier alpha value is -1.35. The standard InChI is InChI=1S/C16H25NO2/c1-4-11-16(3,15(18)19)13-17(5-2)12-14-9-7-6-8-10-14/h6-10H,4-5,11-13H2,1-3H3,(H,18,19). The largest absolute Gasteiger partial charge is 0.481 e. The summed E-state index contributed by atoms with van der Waals surface area (Å²) in [5.74, 6) is -0.694. The molecule has 0 heterocycles. The van der Waals surface area contributed by atoms with E-state index in [1.807, 2.05) is 32.0 Å². The Morgan fingerprint density at radius 2 is 1.89 bits per heavy atom. The second-order valence-electron chi connectivity index (χ2n) is 5.40. The van der Waals surface area contributed by atoms with E-state index in [9.17, 15) is 9.90 Å². The maximum Gasteiger partial charge on any atom is 0.310 e. The fourth-order valence-electron chi connectivity index (χ4n) is 2.42. The molecule has 1 rings (SSSR count). The molecular weight excluding hydrogens is 238 g/mol. The van der Waals surface area contributed by atoms with Gasteiger partial charge >= 0.3 is 5.97 Å². The van der Waals surface area contributed by atoms with Gasteiger partial charge in [0, 0.05) is 13.1 Å². The van der Waals surface area contributed by atoms with E-state index in [-0.39, 0.29) is 0 Å². The predicted octanol–water partition coefficient (Wildman–Crippen LogP) is 3.40. The molecule has 0 amide bonds. The van der Waals surface area contributed by atoms with Crippen LogP contribution in [-0.2, 0) is 11.3 Å². The van der Waals surface area contributed by atoms with E-state index in [4.69, 9.17) is 0 Å². The first-order valence-electron chi connectivity index (χ1n) is 7.01. The third-order valence-corrected chi connectivity index (χ3v) is 3.59. The molecule has 0 fully saturated rings. The van der Waals surface area contributed by atoms with Gasteiger partial charge in [-0.25, -0.2) is 0 Å². The molecular formula is C16H25NO2. The molecule has 0 aliphatic carbocycles. The molecule has 19 heavy (non-hydrogen) atoms. The molecule has 1 aromatic rings. The molecule has 1 unspecified atom stereocenters. The molecule has 1 atom stereocenters. The molecule has 0 aromatic heterocycles. The summed E-state index contributed by atoms with van der Waals surface area (Å²) in [5, 5.41) is 9.45. The first kappa shape index (κ1) is 15.7. The van der Waals surface area contributed by atoms with Crippen LogP contribution in [0, 0.1) is 5.41 Å². The van der Waals surface area contributed by atoms with Crippen LogP contribution in [0.4, 0.5) is 0 Å². The van der Waals surface area contributed by atoms with Gasteiger partial charge in [-0.2, -0.15) is 0 Å². The highest BCUT2D eigenvalue weighted by atomic mass is 16.4. The first-order valence-corrected chi connectivity index (χ1v) is 7.01. The van der Waals surface area contributed by atoms with Crippen molar-refractivity contribution in [2.75, 3.05) is 13.1 Å². The van der Waals surface area contributed by atoms with Crippen molar-refractivity contribution >= 4 is 5.97 Å². The third kappa shape index (κ3) is 4.67. The summed E-state index contributed by atoms with van der Waals surface area (Å²) in [6.07, 6.45) is 1.61. The van der Waals surface area contributed by atoms with Gasteiger partial charge in [-0.05, 0) is 25.5 Å². The van der Waals surface area contributed by atoms with Crippen LogP contribution in [-0.4, -0.2) is 29.1 Å². The van der Waals surface area contributed by atoms with E-state index >= 15 is 0 Å². The molecule has 0 spiro atoms. The predicted molar refractivity (Wildman–Crippen MR) is 78.0 cm³/mol. The van der Waals surface area contributed by atoms with Crippen molar-refractivity contribution in [1.82, 2.24) is 4.90 Å². The number of nitrogens with zero attached hydrogens (tertiary/aromatic N) is 1. The third-order valence-electron chi connectivity index (χ3n) is 3.59. The van der Waals surface area contributed by atoms with E-state index in [1.165, 1.54) is 5.56 Å². The summed E-state index contributed by atoms with van der Waals surface area (Å²) in [7, 11) is 0. The van der Waals surface area contributed by atoms with Crippen LogP contribution in [0.25, 0.3) is 0 Å². The van der Waals surface area contributed by atoms with Crippen molar-refractivity contribution in [3.05, 3.63) is 35.9 Å². The molecule has 1 aromatic carbocycles. The summed E-state index contributed by atoms with van der Waals surface area (Å²) in [6.45, 7) is 8.24. The maximum atomic E-state index is 11.5. The Labute approximate surface area is 116 Å². The monoisotopic (exact) mass is 263 g/mol. The molecule has 3 heteroatoms. The summed E-state index contributed by atoms with van der Waals surface area (Å²) in [6, 6.07) is 10.2. The lowest BCUT2D eigenvalue weighted by Gasteiger charge is -2.31. The van der Waals surface area contributed by atoms with E-state index in [2.05, 4.69) is 24.0 Å². The van der Waals surface area contributed by atoms with Crippen LogP contribution in [0.3, 0.4) is 0 Å². The molecule has 0 saturated heterocycles. The van der Waals surface area contributed by atoms with Gasteiger partial charge in [0.15, 0.2) is 0 Å². The molecule has 3 nitrogen and oxygen atoms in total. The van der Waals surface area contributed by atoms with E-state index < -0.39 is 11.4 Å². The fourth-order valence-corrected chi connectivity index (χ4v) is 2.42. The first-order chi connectivity index (χ1) is 9.01. The quantitative estimate of drug-likeness (QED) is 0.781. The minimum atomic E-state index is -0.694. The summed E-state index contributed by atoms with van der Waals surface area (Å²) in [5.41, 5.74) is 0.577. The summed E-state index contributed by atoms with van der Waals surface area (Å²) >= 11 is 0. The SMILES string of the molecule is CCCC(C)(CN(CC)Cc1ccccc1)C(=O)O. The number of hydrogen-bond acceptors (Lipinski definition) is 2. The summed E-state index contributed by atoms with van der Waals surface area (Å²) < 4.78 is 0. The van der Waals surface area contributed by atoms with Crippen LogP contribution in [0.15, 0.2) is 30.3 Å². The number of hydrogen-bond donors (Lipinski definition) is 1. The number of carbonyl (C=O) groups is 1. The lowest BCUT2D eigenvalue weighted by atomic mass is 9.85. The van der Waals surface area contributed by atoms with Gasteiger partial charge in [-0.3, -0.25) is 9.69 Å². The van der Waals surface area contributed by atoms with Crippen molar-refractivity contribution in [1.29, 1.82) is 0 Å². The zero-order valence-electron chi connectivity index (χ0n) is 12.2. The van der Waals surface area contributed by atoms with Gasteiger partial charge in [-0.15, -0.1) is 0 Å². The fraction of sp³-hybridized carbons (Fsp3) is 0.562. The van der Waals surface area contributed by atoms with Gasteiger partial charge < -0.3 is 5.11 Å². The Balaban J connectivity index is 2.72. The minimum Gasteiger partial charge on any atom is -0.481 e. The van der Waals surface area contributed by atoms with Crippen molar-refractivity contribution in [2.24, 2.45) is 5.41 Å². The highest BCUT2D eigenvalue weighted by molar-refractivity contribution is 5.74. The highest BCUT2D eigenvalue weighted by Crippen LogP contribution is 2.25. The van der Waals surface area contributed by atoms with E-state index in [0.717, 1.165) is 19.5 Å². The van der Waals surface area contributed by atoms with Crippen molar-refractivity contribution in [3.8, 4) is 0 Å². The lowest BCUT2D eigenvalue weighted by molar-refractivity contribution is -0.149. The molecule has 0 aliphatic heterocycles. The topological polar surface area (TPSA) is 40.5 Å². The lowest BCUT2D eigenvalue weighted by Crippen LogP contribution is -2.40.